The van der Waals surface area contributed by atoms with Gasteiger partial charge in [-0.05, 0) is 42.3 Å². The van der Waals surface area contributed by atoms with Crippen molar-refractivity contribution >= 4 is 31.4 Å². The van der Waals surface area contributed by atoms with Crippen LogP contribution in [-0.2, 0) is 20.0 Å². The summed E-state index contributed by atoms with van der Waals surface area (Å²) in [4.78, 5) is 0. The van der Waals surface area contributed by atoms with E-state index in [2.05, 4.69) is 9.82 Å². The lowest BCUT2D eigenvalue weighted by molar-refractivity contribution is 0.374. The number of hydrogen-bond donors (Lipinski definition) is 1. The molecule has 10 heteroatoms. The standard InChI is InChI=1S/C18H20FN3O4S2/c1-3-28(25,26)21-16-6-4-5-14(11-16)17-12-18(22(20-17)27(2,23)24)13-7-9-15(19)10-8-13/h4-11,18,21H,3,12H2,1-2H3/t18-/m1/s1. The molecule has 7 nitrogen and oxygen atoms in total. The second kappa shape index (κ2) is 7.51. The molecule has 1 atom stereocenters. The van der Waals surface area contributed by atoms with Crippen molar-refractivity contribution in [1.82, 2.24) is 4.41 Å². The van der Waals surface area contributed by atoms with Crippen LogP contribution in [0, 0.1) is 5.82 Å². The highest BCUT2D eigenvalue weighted by Crippen LogP contribution is 2.35. The van der Waals surface area contributed by atoms with Crippen molar-refractivity contribution in [1.29, 1.82) is 0 Å². The van der Waals surface area contributed by atoms with E-state index < -0.39 is 31.9 Å². The number of hydrogen-bond acceptors (Lipinski definition) is 5. The molecular formula is C18H20FN3O4S2. The Morgan fingerprint density at radius 2 is 1.82 bits per heavy atom. The molecule has 1 heterocycles. The topological polar surface area (TPSA) is 95.9 Å². The SMILES string of the molecule is CCS(=O)(=O)Nc1cccc(C2=NN(S(C)(=O)=O)[C@@H](c3ccc(F)cc3)C2)c1. The van der Waals surface area contributed by atoms with Gasteiger partial charge in [0.25, 0.3) is 0 Å². The first kappa shape index (κ1) is 20.3. The summed E-state index contributed by atoms with van der Waals surface area (Å²) in [5, 5.41) is 4.26. The third-order valence-corrected chi connectivity index (χ3v) is 6.64. The largest absolute Gasteiger partial charge is 0.284 e. The molecule has 0 unspecified atom stereocenters. The summed E-state index contributed by atoms with van der Waals surface area (Å²) >= 11 is 0. The van der Waals surface area contributed by atoms with E-state index in [-0.39, 0.29) is 12.2 Å². The molecule has 2 aromatic carbocycles. The number of benzene rings is 2. The average Bonchev–Trinajstić information content (AvgIpc) is 3.08. The van der Waals surface area contributed by atoms with Crippen LogP contribution in [0.15, 0.2) is 53.6 Å². The van der Waals surface area contributed by atoms with E-state index in [9.17, 15) is 21.2 Å². The Bertz CT molecular complexity index is 1110. The minimum Gasteiger partial charge on any atom is -0.284 e. The number of anilines is 1. The van der Waals surface area contributed by atoms with E-state index in [0.29, 0.717) is 22.5 Å². The minimum atomic E-state index is -3.65. The predicted molar refractivity (Wildman–Crippen MR) is 107 cm³/mol. The van der Waals surface area contributed by atoms with E-state index in [0.717, 1.165) is 10.7 Å². The molecule has 0 saturated carbocycles. The quantitative estimate of drug-likeness (QED) is 0.770. The van der Waals surface area contributed by atoms with Gasteiger partial charge in [-0.1, -0.05) is 24.3 Å². The first-order valence-corrected chi connectivity index (χ1v) is 12.0. The van der Waals surface area contributed by atoms with Crippen molar-refractivity contribution < 1.29 is 21.2 Å². The Morgan fingerprint density at radius 3 is 2.43 bits per heavy atom. The molecule has 3 rings (SSSR count). The Labute approximate surface area is 164 Å². The fourth-order valence-corrected chi connectivity index (χ4v) is 4.45. The molecule has 1 aliphatic rings. The van der Waals surface area contributed by atoms with Gasteiger partial charge < -0.3 is 0 Å². The van der Waals surface area contributed by atoms with Gasteiger partial charge in [-0.25, -0.2) is 21.2 Å². The predicted octanol–water partition coefficient (Wildman–Crippen LogP) is 2.70. The smallest absolute Gasteiger partial charge is 0.247 e. The summed E-state index contributed by atoms with van der Waals surface area (Å²) in [6, 6.07) is 11.6. The zero-order chi connectivity index (χ0) is 20.5. The molecular weight excluding hydrogens is 405 g/mol. The van der Waals surface area contributed by atoms with Gasteiger partial charge in [0, 0.05) is 12.1 Å². The van der Waals surface area contributed by atoms with Crippen LogP contribution in [-0.4, -0.2) is 39.0 Å². The molecule has 28 heavy (non-hydrogen) atoms. The second-order valence-corrected chi connectivity index (χ2v) is 10.3. The normalized spacial score (nSPS) is 17.5. The molecule has 0 aliphatic carbocycles. The van der Waals surface area contributed by atoms with E-state index in [1.165, 1.54) is 31.2 Å². The molecule has 1 N–H and O–H groups in total. The molecule has 150 valence electrons. The van der Waals surface area contributed by atoms with Crippen molar-refractivity contribution in [2.75, 3.05) is 16.7 Å². The molecule has 0 radical (unpaired) electrons. The fourth-order valence-electron chi connectivity index (χ4n) is 2.92. The molecule has 0 bridgehead atoms. The van der Waals surface area contributed by atoms with Gasteiger partial charge in [-0.15, -0.1) is 0 Å². The summed E-state index contributed by atoms with van der Waals surface area (Å²) in [5.74, 6) is -0.475. The van der Waals surface area contributed by atoms with Crippen LogP contribution < -0.4 is 4.72 Å². The molecule has 1 aliphatic heterocycles. The number of rotatable bonds is 6. The molecule has 0 amide bonds. The number of hydrazone groups is 1. The Morgan fingerprint density at radius 1 is 1.14 bits per heavy atom. The van der Waals surface area contributed by atoms with Gasteiger partial charge in [-0.3, -0.25) is 4.72 Å². The lowest BCUT2D eigenvalue weighted by Crippen LogP contribution is -2.25. The fraction of sp³-hybridized carbons (Fsp3) is 0.278. The maximum atomic E-state index is 13.2. The number of halogens is 1. The van der Waals surface area contributed by atoms with Crippen LogP contribution in [0.4, 0.5) is 10.1 Å². The summed E-state index contributed by atoms with van der Waals surface area (Å²) in [7, 11) is -7.09. The van der Waals surface area contributed by atoms with Crippen molar-refractivity contribution in [3.63, 3.8) is 0 Å². The summed E-state index contributed by atoms with van der Waals surface area (Å²) in [6.07, 6.45) is 1.34. The molecule has 2 aromatic rings. The zero-order valence-corrected chi connectivity index (χ0v) is 17.0. The van der Waals surface area contributed by atoms with E-state index >= 15 is 0 Å². The van der Waals surface area contributed by atoms with E-state index in [1.807, 2.05) is 0 Å². The van der Waals surface area contributed by atoms with Crippen LogP contribution in [0.1, 0.15) is 30.5 Å². The lowest BCUT2D eigenvalue weighted by atomic mass is 9.99. The summed E-state index contributed by atoms with van der Waals surface area (Å²) < 4.78 is 64.7. The number of sulfonamides is 2. The monoisotopic (exact) mass is 425 g/mol. The highest BCUT2D eigenvalue weighted by Gasteiger charge is 2.34. The van der Waals surface area contributed by atoms with Crippen LogP contribution in [0.2, 0.25) is 0 Å². The second-order valence-electron chi connectivity index (χ2n) is 6.44. The zero-order valence-electron chi connectivity index (χ0n) is 15.3. The highest BCUT2D eigenvalue weighted by molar-refractivity contribution is 7.92. The maximum Gasteiger partial charge on any atom is 0.247 e. The van der Waals surface area contributed by atoms with Crippen LogP contribution in [0.5, 0.6) is 0 Å². The summed E-state index contributed by atoms with van der Waals surface area (Å²) in [6.45, 7) is 1.53. The molecule has 0 spiro atoms. The van der Waals surface area contributed by atoms with Crippen molar-refractivity contribution in [3.05, 3.63) is 65.5 Å². The molecule has 0 aromatic heterocycles. The average molecular weight is 426 g/mol. The first-order valence-electron chi connectivity index (χ1n) is 8.52. The van der Waals surface area contributed by atoms with Crippen LogP contribution >= 0.6 is 0 Å². The first-order chi connectivity index (χ1) is 13.1. The van der Waals surface area contributed by atoms with Crippen LogP contribution in [0.3, 0.4) is 0 Å². The highest BCUT2D eigenvalue weighted by atomic mass is 32.2. The Hall–Kier alpha value is -2.46. The van der Waals surface area contributed by atoms with Gasteiger partial charge in [0.1, 0.15) is 5.82 Å². The maximum absolute atomic E-state index is 13.2. The minimum absolute atomic E-state index is 0.0628. The van der Waals surface area contributed by atoms with E-state index in [1.54, 1.807) is 24.3 Å². The van der Waals surface area contributed by atoms with Gasteiger partial charge >= 0.3 is 0 Å². The summed E-state index contributed by atoms with van der Waals surface area (Å²) in [5.41, 5.74) is 2.10. The molecule has 0 fully saturated rings. The van der Waals surface area contributed by atoms with Crippen LogP contribution in [0.25, 0.3) is 0 Å². The number of nitrogens with zero attached hydrogens (tertiary/aromatic N) is 2. The molecule has 0 saturated heterocycles. The van der Waals surface area contributed by atoms with Gasteiger partial charge in [0.05, 0.1) is 23.8 Å². The van der Waals surface area contributed by atoms with Crippen molar-refractivity contribution in [3.8, 4) is 0 Å². The van der Waals surface area contributed by atoms with Crippen molar-refractivity contribution in [2.24, 2.45) is 5.10 Å². The van der Waals surface area contributed by atoms with Gasteiger partial charge in [-0.2, -0.15) is 9.52 Å². The Balaban J connectivity index is 1.95. The van der Waals surface area contributed by atoms with Crippen molar-refractivity contribution in [2.45, 2.75) is 19.4 Å². The lowest BCUT2D eigenvalue weighted by Gasteiger charge is -2.21. The number of nitrogens with one attached hydrogen (secondary N) is 1. The third-order valence-electron chi connectivity index (χ3n) is 4.32. The van der Waals surface area contributed by atoms with Gasteiger partial charge in [0.2, 0.25) is 20.0 Å². The third kappa shape index (κ3) is 4.50. The Kier molecular flexibility index (Phi) is 5.44. The van der Waals surface area contributed by atoms with Gasteiger partial charge in [0.15, 0.2) is 0 Å². The van der Waals surface area contributed by atoms with E-state index in [4.69, 9.17) is 0 Å².